The first-order valence-electron chi connectivity index (χ1n) is 5.99. The molecule has 0 fully saturated rings. The molecule has 0 bridgehead atoms. The van der Waals surface area contributed by atoms with Crippen LogP contribution in [0.4, 0.5) is 4.39 Å². The van der Waals surface area contributed by atoms with E-state index < -0.39 is 5.63 Å². The van der Waals surface area contributed by atoms with Crippen molar-refractivity contribution >= 4 is 22.7 Å². The lowest BCUT2D eigenvalue weighted by molar-refractivity contribution is 0.401. The van der Waals surface area contributed by atoms with Crippen molar-refractivity contribution < 1.29 is 8.81 Å². The number of hydrogen-bond acceptors (Lipinski definition) is 4. The van der Waals surface area contributed by atoms with E-state index in [0.717, 1.165) is 5.56 Å². The largest absolute Gasteiger partial charge is 0.397 e. The van der Waals surface area contributed by atoms with Crippen molar-refractivity contribution in [1.29, 1.82) is 0 Å². The molecule has 1 aromatic heterocycles. The van der Waals surface area contributed by atoms with E-state index in [1.54, 1.807) is 30.3 Å². The number of thioether (sulfide) groups is 1. The topological polar surface area (TPSA) is 43.1 Å². The van der Waals surface area contributed by atoms with E-state index in [0.29, 0.717) is 21.9 Å². The molecule has 100 valence electrons. The van der Waals surface area contributed by atoms with Gasteiger partial charge in [-0.2, -0.15) is 0 Å². The van der Waals surface area contributed by atoms with Crippen LogP contribution in [-0.4, -0.2) is 4.98 Å². The van der Waals surface area contributed by atoms with Gasteiger partial charge in [0.1, 0.15) is 5.82 Å². The molecule has 0 atom stereocenters. The molecule has 2 aromatic carbocycles. The molecule has 3 nitrogen and oxygen atoms in total. The average molecular weight is 287 g/mol. The number of aromatic nitrogens is 1. The molecule has 0 saturated heterocycles. The molecule has 0 saturated carbocycles. The quantitative estimate of drug-likeness (QED) is 0.690. The molecule has 20 heavy (non-hydrogen) atoms. The number of hydrogen-bond donors (Lipinski definition) is 0. The van der Waals surface area contributed by atoms with Gasteiger partial charge in [0, 0.05) is 5.75 Å². The minimum Gasteiger partial charge on any atom is -0.397 e. The molecule has 0 aliphatic rings. The molecular weight excluding hydrogens is 277 g/mol. The Labute approximate surface area is 118 Å². The van der Waals surface area contributed by atoms with Crippen LogP contribution in [0, 0.1) is 5.82 Å². The van der Waals surface area contributed by atoms with Gasteiger partial charge in [-0.25, -0.2) is 14.2 Å². The van der Waals surface area contributed by atoms with Gasteiger partial charge in [0.05, 0.1) is 10.9 Å². The van der Waals surface area contributed by atoms with Gasteiger partial charge in [0.2, 0.25) is 0 Å². The lowest BCUT2D eigenvalue weighted by atomic mass is 10.2. The van der Waals surface area contributed by atoms with Crippen LogP contribution in [0.1, 0.15) is 5.56 Å². The molecule has 0 aliphatic carbocycles. The highest BCUT2D eigenvalue weighted by Crippen LogP contribution is 2.21. The fourth-order valence-electron chi connectivity index (χ4n) is 1.79. The van der Waals surface area contributed by atoms with Gasteiger partial charge in [-0.15, -0.1) is 0 Å². The van der Waals surface area contributed by atoms with Crippen LogP contribution in [0.3, 0.4) is 0 Å². The maximum Gasteiger partial charge on any atom is 0.347 e. The third-order valence-electron chi connectivity index (χ3n) is 2.79. The number of halogens is 1. The SMILES string of the molecule is O=c1oc(SCc2ccc(F)cc2)nc2ccccc12. The zero-order valence-electron chi connectivity index (χ0n) is 10.4. The highest BCUT2D eigenvalue weighted by atomic mass is 32.2. The van der Waals surface area contributed by atoms with Crippen LogP contribution in [0.25, 0.3) is 10.9 Å². The zero-order chi connectivity index (χ0) is 13.9. The lowest BCUT2D eigenvalue weighted by Crippen LogP contribution is -2.02. The minimum atomic E-state index is -0.391. The fourth-order valence-corrected chi connectivity index (χ4v) is 2.57. The van der Waals surface area contributed by atoms with Crippen molar-refractivity contribution in [3.05, 3.63) is 70.3 Å². The van der Waals surface area contributed by atoms with Crippen LogP contribution >= 0.6 is 11.8 Å². The summed E-state index contributed by atoms with van der Waals surface area (Å²) >= 11 is 1.31. The van der Waals surface area contributed by atoms with Crippen LogP contribution < -0.4 is 5.63 Å². The summed E-state index contributed by atoms with van der Waals surface area (Å²) < 4.78 is 18.0. The van der Waals surface area contributed by atoms with E-state index in [-0.39, 0.29) is 5.82 Å². The third-order valence-corrected chi connectivity index (χ3v) is 3.69. The van der Waals surface area contributed by atoms with Crippen molar-refractivity contribution in [2.24, 2.45) is 0 Å². The molecule has 3 rings (SSSR count). The summed E-state index contributed by atoms with van der Waals surface area (Å²) in [5, 5.41) is 0.789. The maximum atomic E-state index is 12.8. The number of benzene rings is 2. The number of rotatable bonds is 3. The molecule has 0 radical (unpaired) electrons. The Hall–Kier alpha value is -2.14. The van der Waals surface area contributed by atoms with E-state index in [9.17, 15) is 9.18 Å². The smallest absolute Gasteiger partial charge is 0.347 e. The monoisotopic (exact) mass is 287 g/mol. The van der Waals surface area contributed by atoms with Gasteiger partial charge in [-0.05, 0) is 29.8 Å². The fraction of sp³-hybridized carbons (Fsp3) is 0.0667. The van der Waals surface area contributed by atoms with Crippen LogP contribution in [0.15, 0.2) is 63.0 Å². The van der Waals surface area contributed by atoms with Crippen molar-refractivity contribution in [3.63, 3.8) is 0 Å². The van der Waals surface area contributed by atoms with Crippen molar-refractivity contribution in [2.45, 2.75) is 11.0 Å². The Morgan fingerprint density at radius 3 is 2.65 bits per heavy atom. The highest BCUT2D eigenvalue weighted by Gasteiger charge is 2.06. The Balaban J connectivity index is 1.84. The van der Waals surface area contributed by atoms with Crippen molar-refractivity contribution in [1.82, 2.24) is 4.98 Å². The van der Waals surface area contributed by atoms with Gasteiger partial charge in [-0.3, -0.25) is 0 Å². The number of nitrogens with zero attached hydrogens (tertiary/aromatic N) is 1. The second-order valence-electron chi connectivity index (χ2n) is 4.20. The Morgan fingerprint density at radius 2 is 1.85 bits per heavy atom. The van der Waals surface area contributed by atoms with Gasteiger partial charge in [-0.1, -0.05) is 36.0 Å². The predicted molar refractivity (Wildman–Crippen MR) is 76.2 cm³/mol. The standard InChI is InChI=1S/C15H10FNO2S/c16-11-7-5-10(6-8-11)9-20-15-17-13-4-2-1-3-12(13)14(18)19-15/h1-8H,9H2. The zero-order valence-corrected chi connectivity index (χ0v) is 11.2. The molecule has 0 unspecified atom stereocenters. The summed E-state index contributed by atoms with van der Waals surface area (Å²) in [4.78, 5) is 16.1. The molecule has 0 spiro atoms. The second-order valence-corrected chi connectivity index (χ2v) is 5.13. The summed E-state index contributed by atoms with van der Waals surface area (Å²) in [7, 11) is 0. The van der Waals surface area contributed by atoms with Gasteiger partial charge in [0.25, 0.3) is 5.22 Å². The Kier molecular flexibility index (Phi) is 3.52. The molecule has 0 N–H and O–H groups in total. The van der Waals surface area contributed by atoms with E-state index in [1.807, 2.05) is 6.07 Å². The van der Waals surface area contributed by atoms with E-state index in [1.165, 1.54) is 23.9 Å². The lowest BCUT2D eigenvalue weighted by Gasteiger charge is -2.01. The summed E-state index contributed by atoms with van der Waals surface area (Å²) in [6.07, 6.45) is 0. The number of para-hydroxylation sites is 1. The molecule has 0 amide bonds. The van der Waals surface area contributed by atoms with E-state index in [4.69, 9.17) is 4.42 Å². The summed E-state index contributed by atoms with van der Waals surface area (Å²) in [6, 6.07) is 13.2. The third kappa shape index (κ3) is 2.72. The normalized spacial score (nSPS) is 10.8. The maximum absolute atomic E-state index is 12.8. The summed E-state index contributed by atoms with van der Waals surface area (Å²) in [6.45, 7) is 0. The Morgan fingerprint density at radius 1 is 1.10 bits per heavy atom. The number of fused-ring (bicyclic) bond motifs is 1. The van der Waals surface area contributed by atoms with Crippen LogP contribution in [0.5, 0.6) is 0 Å². The molecule has 5 heteroatoms. The summed E-state index contributed by atoms with van der Waals surface area (Å²) in [5.74, 6) is 0.295. The summed E-state index contributed by atoms with van der Waals surface area (Å²) in [5.41, 5.74) is 1.16. The minimum absolute atomic E-state index is 0.269. The molecule has 3 aromatic rings. The van der Waals surface area contributed by atoms with Gasteiger partial charge >= 0.3 is 5.63 Å². The van der Waals surface area contributed by atoms with Crippen molar-refractivity contribution in [3.8, 4) is 0 Å². The van der Waals surface area contributed by atoms with E-state index in [2.05, 4.69) is 4.98 Å². The average Bonchev–Trinajstić information content (AvgIpc) is 2.47. The predicted octanol–water partition coefficient (Wildman–Crippen LogP) is 3.62. The van der Waals surface area contributed by atoms with Gasteiger partial charge in [0.15, 0.2) is 0 Å². The van der Waals surface area contributed by atoms with Gasteiger partial charge < -0.3 is 4.42 Å². The highest BCUT2D eigenvalue weighted by molar-refractivity contribution is 7.98. The molecule has 0 aliphatic heterocycles. The first kappa shape index (κ1) is 12.9. The Bertz CT molecular complexity index is 799. The first-order chi connectivity index (χ1) is 9.72. The molecular formula is C15H10FNO2S. The van der Waals surface area contributed by atoms with E-state index >= 15 is 0 Å². The van der Waals surface area contributed by atoms with Crippen LogP contribution in [-0.2, 0) is 5.75 Å². The van der Waals surface area contributed by atoms with Crippen molar-refractivity contribution in [2.75, 3.05) is 0 Å². The van der Waals surface area contributed by atoms with Crippen LogP contribution in [0.2, 0.25) is 0 Å². The second kappa shape index (κ2) is 5.46. The molecule has 1 heterocycles. The first-order valence-corrected chi connectivity index (χ1v) is 6.98.